The summed E-state index contributed by atoms with van der Waals surface area (Å²) in [6, 6.07) is 19.0. The van der Waals surface area contributed by atoms with Gasteiger partial charge in [-0.1, -0.05) is 18.2 Å². The smallest absolute Gasteiger partial charge is 0.230 e. The van der Waals surface area contributed by atoms with Crippen LogP contribution >= 0.6 is 0 Å². The molecule has 148 valence electrons. The minimum absolute atomic E-state index is 0.0151. The molecule has 0 radical (unpaired) electrons. The molecule has 2 aromatic carbocycles. The Balaban J connectivity index is 1.35. The van der Waals surface area contributed by atoms with Crippen LogP contribution in [0.4, 0.5) is 15.8 Å². The van der Waals surface area contributed by atoms with Crippen molar-refractivity contribution in [1.29, 1.82) is 0 Å². The van der Waals surface area contributed by atoms with Crippen LogP contribution in [0, 0.1) is 11.7 Å². The van der Waals surface area contributed by atoms with Crippen LogP contribution in [0.5, 0.6) is 0 Å². The van der Waals surface area contributed by atoms with E-state index in [1.165, 1.54) is 23.4 Å². The maximum Gasteiger partial charge on any atom is 0.230 e. The number of benzene rings is 2. The van der Waals surface area contributed by atoms with Gasteiger partial charge in [0.1, 0.15) is 5.82 Å². The van der Waals surface area contributed by atoms with E-state index in [0.717, 1.165) is 43.9 Å². The zero-order valence-electron chi connectivity index (χ0n) is 16.3. The Morgan fingerprint density at radius 2 is 1.66 bits per heavy atom. The Labute approximate surface area is 170 Å². The topological polar surface area (TPSA) is 28.5 Å². The third-order valence-corrected chi connectivity index (χ3v) is 6.17. The van der Waals surface area contributed by atoms with Crippen LogP contribution in [0.1, 0.15) is 24.1 Å². The Hall–Kier alpha value is -3.08. The van der Waals surface area contributed by atoms with Crippen molar-refractivity contribution in [2.45, 2.75) is 25.9 Å². The molecule has 0 spiro atoms. The SMILES string of the molecule is O=C(C1CCN(c2ccc(F)cc2)CC1)N1Cc2cccn2Cc2ccccc21. The highest BCUT2D eigenvalue weighted by atomic mass is 19.1. The molecule has 29 heavy (non-hydrogen) atoms. The number of rotatable bonds is 2. The summed E-state index contributed by atoms with van der Waals surface area (Å²) in [7, 11) is 0. The molecule has 3 aromatic rings. The number of hydrogen-bond acceptors (Lipinski definition) is 2. The number of fused-ring (bicyclic) bond motifs is 2. The zero-order chi connectivity index (χ0) is 19.8. The van der Waals surface area contributed by atoms with Crippen LogP contribution in [0.25, 0.3) is 0 Å². The molecule has 0 bridgehead atoms. The van der Waals surface area contributed by atoms with Crippen molar-refractivity contribution in [2.75, 3.05) is 22.9 Å². The Morgan fingerprint density at radius 1 is 0.897 bits per heavy atom. The first kappa shape index (κ1) is 18.0. The van der Waals surface area contributed by atoms with Gasteiger partial charge < -0.3 is 14.4 Å². The molecule has 4 nitrogen and oxygen atoms in total. The van der Waals surface area contributed by atoms with E-state index in [1.54, 1.807) is 0 Å². The summed E-state index contributed by atoms with van der Waals surface area (Å²) in [6.45, 7) is 3.04. The molecule has 0 aliphatic carbocycles. The first-order chi connectivity index (χ1) is 14.2. The van der Waals surface area contributed by atoms with E-state index in [4.69, 9.17) is 0 Å². The number of hydrogen-bond donors (Lipinski definition) is 0. The zero-order valence-corrected chi connectivity index (χ0v) is 16.3. The average Bonchev–Trinajstić information content (AvgIpc) is 3.13. The summed E-state index contributed by atoms with van der Waals surface area (Å²) in [6.07, 6.45) is 3.72. The molecule has 0 saturated carbocycles. The predicted octanol–water partition coefficient (Wildman–Crippen LogP) is 4.44. The van der Waals surface area contributed by atoms with Gasteiger partial charge in [0, 0.05) is 48.8 Å². The van der Waals surface area contributed by atoms with Crippen molar-refractivity contribution in [1.82, 2.24) is 4.57 Å². The van der Waals surface area contributed by atoms with Crippen LogP contribution < -0.4 is 9.80 Å². The van der Waals surface area contributed by atoms with Crippen molar-refractivity contribution in [3.8, 4) is 0 Å². The van der Waals surface area contributed by atoms with E-state index in [9.17, 15) is 9.18 Å². The van der Waals surface area contributed by atoms with Gasteiger partial charge in [-0.3, -0.25) is 4.79 Å². The summed E-state index contributed by atoms with van der Waals surface area (Å²) >= 11 is 0. The predicted molar refractivity (Wildman–Crippen MR) is 113 cm³/mol. The van der Waals surface area contributed by atoms with Gasteiger partial charge >= 0.3 is 0 Å². The van der Waals surface area contributed by atoms with E-state index in [0.29, 0.717) is 6.54 Å². The van der Waals surface area contributed by atoms with Crippen molar-refractivity contribution in [3.63, 3.8) is 0 Å². The number of aromatic nitrogens is 1. The van der Waals surface area contributed by atoms with Crippen LogP contribution in [0.2, 0.25) is 0 Å². The van der Waals surface area contributed by atoms with Gasteiger partial charge in [-0.2, -0.15) is 0 Å². The monoisotopic (exact) mass is 389 g/mol. The van der Waals surface area contributed by atoms with E-state index >= 15 is 0 Å². The second-order valence-electron chi connectivity index (χ2n) is 7.92. The molecular formula is C24H24FN3O. The number of piperidine rings is 1. The highest BCUT2D eigenvalue weighted by molar-refractivity contribution is 5.96. The molecule has 5 heteroatoms. The number of carbonyl (C=O) groups is 1. The fraction of sp³-hybridized carbons (Fsp3) is 0.292. The lowest BCUT2D eigenvalue weighted by Crippen LogP contribution is -2.42. The second-order valence-corrected chi connectivity index (χ2v) is 7.92. The highest BCUT2D eigenvalue weighted by Crippen LogP contribution is 2.32. The van der Waals surface area contributed by atoms with Gasteiger partial charge in [0.2, 0.25) is 5.91 Å². The molecular weight excluding hydrogens is 365 g/mol. The summed E-state index contributed by atoms with van der Waals surface area (Å²) in [4.78, 5) is 17.8. The minimum atomic E-state index is -0.219. The minimum Gasteiger partial charge on any atom is -0.371 e. The molecule has 1 fully saturated rings. The van der Waals surface area contributed by atoms with Crippen molar-refractivity contribution >= 4 is 17.3 Å². The van der Waals surface area contributed by atoms with Crippen molar-refractivity contribution in [2.24, 2.45) is 5.92 Å². The number of para-hydroxylation sites is 1. The van der Waals surface area contributed by atoms with Crippen molar-refractivity contribution in [3.05, 3.63) is 83.9 Å². The van der Waals surface area contributed by atoms with Gasteiger partial charge in [0.25, 0.3) is 0 Å². The molecule has 0 atom stereocenters. The van der Waals surface area contributed by atoms with Crippen LogP contribution in [-0.2, 0) is 17.9 Å². The average molecular weight is 389 g/mol. The molecule has 0 unspecified atom stereocenters. The molecule has 2 aliphatic heterocycles. The fourth-order valence-corrected chi connectivity index (χ4v) is 4.54. The number of nitrogens with zero attached hydrogens (tertiary/aromatic N) is 3. The third-order valence-electron chi connectivity index (χ3n) is 6.17. The van der Waals surface area contributed by atoms with E-state index in [2.05, 4.69) is 33.9 Å². The summed E-state index contributed by atoms with van der Waals surface area (Å²) in [5.41, 5.74) is 4.40. The lowest BCUT2D eigenvalue weighted by Gasteiger charge is -2.35. The molecule has 3 heterocycles. The lowest BCUT2D eigenvalue weighted by atomic mass is 9.94. The number of anilines is 2. The molecule has 5 rings (SSSR count). The first-order valence-corrected chi connectivity index (χ1v) is 10.2. The molecule has 1 amide bonds. The van der Waals surface area contributed by atoms with Crippen LogP contribution in [-0.4, -0.2) is 23.6 Å². The third kappa shape index (κ3) is 3.41. The normalized spacial score (nSPS) is 16.9. The number of amides is 1. The van der Waals surface area contributed by atoms with Gasteiger partial charge in [-0.05, 0) is 60.9 Å². The van der Waals surface area contributed by atoms with Crippen LogP contribution in [0.3, 0.4) is 0 Å². The Morgan fingerprint density at radius 3 is 2.45 bits per heavy atom. The van der Waals surface area contributed by atoms with Gasteiger partial charge in [-0.25, -0.2) is 4.39 Å². The fourth-order valence-electron chi connectivity index (χ4n) is 4.54. The molecule has 1 saturated heterocycles. The van der Waals surface area contributed by atoms with E-state index in [1.807, 2.05) is 35.2 Å². The van der Waals surface area contributed by atoms with E-state index < -0.39 is 0 Å². The first-order valence-electron chi connectivity index (χ1n) is 10.2. The Kier molecular flexibility index (Phi) is 4.58. The summed E-state index contributed by atoms with van der Waals surface area (Å²) in [5.74, 6) is 0.00974. The molecule has 0 N–H and O–H groups in total. The Bertz CT molecular complexity index is 1020. The number of carbonyl (C=O) groups excluding carboxylic acids is 1. The van der Waals surface area contributed by atoms with Gasteiger partial charge in [0.15, 0.2) is 0 Å². The van der Waals surface area contributed by atoms with Gasteiger partial charge in [-0.15, -0.1) is 0 Å². The lowest BCUT2D eigenvalue weighted by molar-refractivity contribution is -0.123. The highest BCUT2D eigenvalue weighted by Gasteiger charge is 2.31. The van der Waals surface area contributed by atoms with Gasteiger partial charge in [0.05, 0.1) is 6.54 Å². The van der Waals surface area contributed by atoms with Crippen LogP contribution in [0.15, 0.2) is 66.9 Å². The van der Waals surface area contributed by atoms with E-state index in [-0.39, 0.29) is 17.6 Å². The molecule has 1 aromatic heterocycles. The summed E-state index contributed by atoms with van der Waals surface area (Å²) < 4.78 is 15.4. The maximum atomic E-state index is 13.5. The molecule has 2 aliphatic rings. The quantitative estimate of drug-likeness (QED) is 0.648. The maximum absolute atomic E-state index is 13.5. The second kappa shape index (κ2) is 7.39. The summed E-state index contributed by atoms with van der Waals surface area (Å²) in [5, 5.41) is 0. The van der Waals surface area contributed by atoms with Crippen molar-refractivity contribution < 1.29 is 9.18 Å². The standard InChI is InChI=1S/C24H24FN3O/c25-20-7-9-21(10-8-20)26-14-11-18(12-15-26)24(29)28-17-22-5-3-13-27(22)16-19-4-1-2-6-23(19)28/h1-10,13,18H,11-12,14-17H2. The number of halogens is 1. The largest absolute Gasteiger partial charge is 0.371 e.